The number of nitrogens with one attached hydrogen (secondary N) is 1. The molecule has 0 atom stereocenters. The highest BCUT2D eigenvalue weighted by Crippen LogP contribution is 2.18. The lowest BCUT2D eigenvalue weighted by molar-refractivity contribution is -0.116. The van der Waals surface area contributed by atoms with Gasteiger partial charge in [-0.2, -0.15) is 0 Å². The van der Waals surface area contributed by atoms with Crippen molar-refractivity contribution in [1.82, 2.24) is 14.5 Å². The third-order valence-electron chi connectivity index (χ3n) is 3.38. The molecule has 1 amide bonds. The molecule has 116 valence electrons. The van der Waals surface area contributed by atoms with Crippen molar-refractivity contribution >= 4 is 27.5 Å². The molecule has 0 bridgehead atoms. The molecule has 0 fully saturated rings. The summed E-state index contributed by atoms with van der Waals surface area (Å²) < 4.78 is 2.83. The average Bonchev–Trinajstić information content (AvgIpc) is 3.09. The number of aromatic nitrogens is 3. The first-order valence-corrected chi connectivity index (χ1v) is 7.99. The van der Waals surface area contributed by atoms with Gasteiger partial charge in [-0.05, 0) is 30.2 Å². The predicted molar refractivity (Wildman–Crippen MR) is 92.5 cm³/mol. The van der Waals surface area contributed by atoms with Crippen molar-refractivity contribution in [3.05, 3.63) is 71.4 Å². The third kappa shape index (κ3) is 4.04. The van der Waals surface area contributed by atoms with Gasteiger partial charge in [-0.15, -0.1) is 0 Å². The molecule has 1 aromatic carbocycles. The van der Waals surface area contributed by atoms with Crippen molar-refractivity contribution in [3.63, 3.8) is 0 Å². The molecule has 3 aromatic rings. The fourth-order valence-electron chi connectivity index (χ4n) is 2.18. The van der Waals surface area contributed by atoms with Gasteiger partial charge in [0.1, 0.15) is 12.1 Å². The maximum atomic E-state index is 12.0. The second kappa shape index (κ2) is 7.19. The van der Waals surface area contributed by atoms with Crippen molar-refractivity contribution < 1.29 is 4.79 Å². The number of carbonyl (C=O) groups excluding carboxylic acids is 1. The smallest absolute Gasteiger partial charge is 0.224 e. The molecule has 2 aromatic heterocycles. The van der Waals surface area contributed by atoms with Crippen LogP contribution < -0.4 is 5.32 Å². The first-order chi connectivity index (χ1) is 11.2. The Hall–Kier alpha value is -2.47. The van der Waals surface area contributed by atoms with E-state index in [1.807, 2.05) is 42.6 Å². The van der Waals surface area contributed by atoms with Crippen LogP contribution in [0.4, 0.5) is 5.69 Å². The zero-order valence-corrected chi connectivity index (χ0v) is 13.9. The molecule has 0 aliphatic rings. The number of aryl methyl sites for hydroxylation is 1. The number of imidazole rings is 1. The van der Waals surface area contributed by atoms with Crippen molar-refractivity contribution in [2.75, 3.05) is 5.32 Å². The number of hydrogen-bond acceptors (Lipinski definition) is 3. The van der Waals surface area contributed by atoms with E-state index in [2.05, 4.69) is 31.2 Å². The van der Waals surface area contributed by atoms with E-state index < -0.39 is 0 Å². The lowest BCUT2D eigenvalue weighted by Crippen LogP contribution is -2.12. The van der Waals surface area contributed by atoms with Gasteiger partial charge in [0, 0.05) is 23.3 Å². The van der Waals surface area contributed by atoms with Gasteiger partial charge in [-0.25, -0.2) is 9.97 Å². The van der Waals surface area contributed by atoms with E-state index in [9.17, 15) is 4.79 Å². The van der Waals surface area contributed by atoms with E-state index >= 15 is 0 Å². The van der Waals surface area contributed by atoms with Crippen LogP contribution in [0.2, 0.25) is 0 Å². The lowest BCUT2D eigenvalue weighted by atomic mass is 10.1. The van der Waals surface area contributed by atoms with Gasteiger partial charge in [-0.3, -0.25) is 9.36 Å². The van der Waals surface area contributed by atoms with Crippen LogP contribution in [0.5, 0.6) is 0 Å². The fraction of sp³-hybridized carbons (Fsp3) is 0.118. The van der Waals surface area contributed by atoms with E-state index in [0.29, 0.717) is 18.5 Å². The molecule has 0 radical (unpaired) electrons. The standard InChI is InChI=1S/C17H15BrN4O/c18-15-4-2-1-3-13(15)5-8-17(23)21-14-6-7-16(20-11-14)22-10-9-19-12-22/h1-4,6-7,9-12H,5,8H2,(H,21,23). The van der Waals surface area contributed by atoms with Crippen molar-refractivity contribution in [2.24, 2.45) is 0 Å². The van der Waals surface area contributed by atoms with Gasteiger partial charge in [0.05, 0.1) is 11.9 Å². The number of pyridine rings is 1. The zero-order chi connectivity index (χ0) is 16.1. The van der Waals surface area contributed by atoms with Crippen LogP contribution in [0.3, 0.4) is 0 Å². The SMILES string of the molecule is O=C(CCc1ccccc1Br)Nc1ccc(-n2ccnc2)nc1. The minimum atomic E-state index is -0.0297. The molecule has 2 heterocycles. The Morgan fingerprint density at radius 3 is 2.78 bits per heavy atom. The molecular weight excluding hydrogens is 356 g/mol. The fourth-order valence-corrected chi connectivity index (χ4v) is 2.66. The third-order valence-corrected chi connectivity index (χ3v) is 4.15. The Morgan fingerprint density at radius 2 is 2.09 bits per heavy atom. The van der Waals surface area contributed by atoms with Gasteiger partial charge in [0.25, 0.3) is 0 Å². The summed E-state index contributed by atoms with van der Waals surface area (Å²) >= 11 is 3.49. The number of benzene rings is 1. The molecule has 0 saturated heterocycles. The average molecular weight is 371 g/mol. The zero-order valence-electron chi connectivity index (χ0n) is 12.3. The van der Waals surface area contributed by atoms with Gasteiger partial charge in [-0.1, -0.05) is 34.1 Å². The second-order valence-corrected chi connectivity index (χ2v) is 5.87. The summed E-state index contributed by atoms with van der Waals surface area (Å²) in [5, 5.41) is 2.86. The van der Waals surface area contributed by atoms with Crippen LogP contribution in [0, 0.1) is 0 Å². The summed E-state index contributed by atoms with van der Waals surface area (Å²) in [5.74, 6) is 0.728. The van der Waals surface area contributed by atoms with Crippen LogP contribution in [0.15, 0.2) is 65.8 Å². The highest BCUT2D eigenvalue weighted by molar-refractivity contribution is 9.10. The normalized spacial score (nSPS) is 10.5. The van der Waals surface area contributed by atoms with Crippen molar-refractivity contribution in [3.8, 4) is 5.82 Å². The highest BCUT2D eigenvalue weighted by Gasteiger charge is 2.06. The Kier molecular flexibility index (Phi) is 4.83. The molecule has 6 heteroatoms. The summed E-state index contributed by atoms with van der Waals surface area (Å²) in [4.78, 5) is 20.3. The van der Waals surface area contributed by atoms with E-state index in [4.69, 9.17) is 0 Å². The molecule has 23 heavy (non-hydrogen) atoms. The Labute approximate surface area is 142 Å². The minimum Gasteiger partial charge on any atom is -0.325 e. The minimum absolute atomic E-state index is 0.0297. The molecule has 0 aliphatic carbocycles. The maximum absolute atomic E-state index is 12.0. The number of rotatable bonds is 5. The van der Waals surface area contributed by atoms with Crippen LogP contribution in [-0.4, -0.2) is 20.4 Å². The highest BCUT2D eigenvalue weighted by atomic mass is 79.9. The molecule has 3 rings (SSSR count). The molecule has 1 N–H and O–H groups in total. The molecule has 0 spiro atoms. The molecule has 5 nitrogen and oxygen atoms in total. The largest absolute Gasteiger partial charge is 0.325 e. The summed E-state index contributed by atoms with van der Waals surface area (Å²) in [7, 11) is 0. The molecule has 0 aliphatic heterocycles. The van der Waals surface area contributed by atoms with Crippen molar-refractivity contribution in [2.45, 2.75) is 12.8 Å². The van der Waals surface area contributed by atoms with Crippen LogP contribution >= 0.6 is 15.9 Å². The Balaban J connectivity index is 1.57. The van der Waals surface area contributed by atoms with E-state index in [0.717, 1.165) is 15.9 Å². The first-order valence-electron chi connectivity index (χ1n) is 7.20. The number of nitrogens with zero attached hydrogens (tertiary/aromatic N) is 3. The summed E-state index contributed by atoms with van der Waals surface area (Å²) in [6.07, 6.45) is 7.95. The van der Waals surface area contributed by atoms with Crippen molar-refractivity contribution in [1.29, 1.82) is 0 Å². The quantitative estimate of drug-likeness (QED) is 0.746. The molecular formula is C17H15BrN4O. The number of amides is 1. The topological polar surface area (TPSA) is 59.8 Å². The maximum Gasteiger partial charge on any atom is 0.224 e. The second-order valence-electron chi connectivity index (χ2n) is 5.01. The number of carbonyl (C=O) groups is 1. The van der Waals surface area contributed by atoms with Gasteiger partial charge >= 0.3 is 0 Å². The van der Waals surface area contributed by atoms with Gasteiger partial charge < -0.3 is 5.32 Å². The predicted octanol–water partition coefficient (Wildman–Crippen LogP) is 3.60. The monoisotopic (exact) mass is 370 g/mol. The summed E-state index contributed by atoms with van der Waals surface area (Å²) in [6, 6.07) is 11.6. The van der Waals surface area contributed by atoms with Gasteiger partial charge in [0.2, 0.25) is 5.91 Å². The van der Waals surface area contributed by atoms with Crippen LogP contribution in [0.25, 0.3) is 5.82 Å². The Morgan fingerprint density at radius 1 is 1.22 bits per heavy atom. The molecule has 0 unspecified atom stereocenters. The molecule has 0 saturated carbocycles. The lowest BCUT2D eigenvalue weighted by Gasteiger charge is -2.07. The number of halogens is 1. The number of anilines is 1. The van der Waals surface area contributed by atoms with Crippen LogP contribution in [0.1, 0.15) is 12.0 Å². The summed E-state index contributed by atoms with van der Waals surface area (Å²) in [6.45, 7) is 0. The van der Waals surface area contributed by atoms with E-state index in [-0.39, 0.29) is 5.91 Å². The first kappa shape index (κ1) is 15.4. The van der Waals surface area contributed by atoms with E-state index in [1.54, 1.807) is 23.3 Å². The van der Waals surface area contributed by atoms with Gasteiger partial charge in [0.15, 0.2) is 0 Å². The Bertz CT molecular complexity index is 785. The number of hydrogen-bond donors (Lipinski definition) is 1. The van der Waals surface area contributed by atoms with E-state index in [1.165, 1.54) is 0 Å². The van der Waals surface area contributed by atoms with Crippen LogP contribution in [-0.2, 0) is 11.2 Å². The summed E-state index contributed by atoms with van der Waals surface area (Å²) in [5.41, 5.74) is 1.81.